The van der Waals surface area contributed by atoms with E-state index in [2.05, 4.69) is 20.6 Å². The van der Waals surface area contributed by atoms with Gasteiger partial charge >= 0.3 is 0 Å². The molecule has 0 saturated carbocycles. The first-order valence-corrected chi connectivity index (χ1v) is 9.65. The van der Waals surface area contributed by atoms with Crippen molar-refractivity contribution in [2.45, 2.75) is 33.4 Å². The molecule has 0 fully saturated rings. The van der Waals surface area contributed by atoms with Crippen molar-refractivity contribution in [1.82, 2.24) is 15.6 Å². The van der Waals surface area contributed by atoms with Crippen molar-refractivity contribution in [3.8, 4) is 11.5 Å². The van der Waals surface area contributed by atoms with Gasteiger partial charge in [-0.05, 0) is 38.5 Å². The molecule has 2 rings (SSSR count). The van der Waals surface area contributed by atoms with Crippen LogP contribution >= 0.6 is 35.3 Å². The zero-order valence-electron chi connectivity index (χ0n) is 16.9. The van der Waals surface area contributed by atoms with E-state index < -0.39 is 6.10 Å². The van der Waals surface area contributed by atoms with Crippen LogP contribution in [-0.2, 0) is 6.54 Å². The highest BCUT2D eigenvalue weighted by atomic mass is 127. The standard InChI is InChI=1S/C19H28N4O3S.HI/c1-6-20-19(22-11-18-12(2)23-13(3)27-18)21-10-15(24)14-7-8-16(25-4)17(9-14)26-5;/h7-9,15,24H,6,10-11H2,1-5H3,(H2,20,21,22);1H. The van der Waals surface area contributed by atoms with Gasteiger partial charge in [0.15, 0.2) is 17.5 Å². The second kappa shape index (κ2) is 12.1. The maximum absolute atomic E-state index is 10.5. The molecule has 3 N–H and O–H groups in total. The zero-order chi connectivity index (χ0) is 19.8. The van der Waals surface area contributed by atoms with E-state index in [1.807, 2.05) is 26.8 Å². The van der Waals surface area contributed by atoms with E-state index in [1.54, 1.807) is 37.7 Å². The molecule has 1 atom stereocenters. The molecule has 1 aromatic carbocycles. The monoisotopic (exact) mass is 520 g/mol. The van der Waals surface area contributed by atoms with Crippen LogP contribution in [0.25, 0.3) is 0 Å². The highest BCUT2D eigenvalue weighted by Gasteiger charge is 2.13. The van der Waals surface area contributed by atoms with Gasteiger partial charge in [0.25, 0.3) is 0 Å². The highest BCUT2D eigenvalue weighted by molar-refractivity contribution is 14.0. The molecular weight excluding hydrogens is 491 g/mol. The second-order valence-corrected chi connectivity index (χ2v) is 7.24. The minimum absolute atomic E-state index is 0. The van der Waals surface area contributed by atoms with Crippen LogP contribution in [0.3, 0.4) is 0 Å². The van der Waals surface area contributed by atoms with Crippen LogP contribution in [0.15, 0.2) is 23.2 Å². The van der Waals surface area contributed by atoms with Crippen LogP contribution in [0.5, 0.6) is 11.5 Å². The van der Waals surface area contributed by atoms with E-state index in [0.717, 1.165) is 27.7 Å². The first-order chi connectivity index (χ1) is 13.0. The van der Waals surface area contributed by atoms with Crippen LogP contribution < -0.4 is 20.1 Å². The molecule has 2 aromatic rings. The molecule has 0 bridgehead atoms. The molecule has 0 spiro atoms. The van der Waals surface area contributed by atoms with Crippen molar-refractivity contribution in [2.24, 2.45) is 4.99 Å². The van der Waals surface area contributed by atoms with Gasteiger partial charge in [0.2, 0.25) is 0 Å². The second-order valence-electron chi connectivity index (χ2n) is 5.95. The van der Waals surface area contributed by atoms with Crippen LogP contribution in [0.1, 0.15) is 34.2 Å². The Labute approximate surface area is 187 Å². The number of hydrogen-bond donors (Lipinski definition) is 3. The lowest BCUT2D eigenvalue weighted by atomic mass is 10.1. The number of aliphatic hydroxyl groups is 1. The number of rotatable bonds is 8. The van der Waals surface area contributed by atoms with Gasteiger partial charge in [0.05, 0.1) is 37.6 Å². The number of aryl methyl sites for hydroxylation is 2. The average molecular weight is 520 g/mol. The lowest BCUT2D eigenvalue weighted by Gasteiger charge is -2.17. The molecule has 1 aromatic heterocycles. The molecule has 0 aliphatic carbocycles. The third-order valence-corrected chi connectivity index (χ3v) is 5.04. The van der Waals surface area contributed by atoms with Crippen LogP contribution in [0.4, 0.5) is 0 Å². The number of aromatic nitrogens is 1. The topological polar surface area (TPSA) is 88.0 Å². The van der Waals surface area contributed by atoms with E-state index in [0.29, 0.717) is 30.5 Å². The Balaban J connectivity index is 0.00000392. The number of benzene rings is 1. The number of nitrogens with one attached hydrogen (secondary N) is 2. The Morgan fingerprint density at radius 1 is 1.21 bits per heavy atom. The number of methoxy groups -OCH3 is 2. The quantitative estimate of drug-likeness (QED) is 0.282. The van der Waals surface area contributed by atoms with E-state index in [9.17, 15) is 5.11 Å². The summed E-state index contributed by atoms with van der Waals surface area (Å²) >= 11 is 1.65. The number of hydrogen-bond acceptors (Lipinski definition) is 6. The third-order valence-electron chi connectivity index (χ3n) is 3.98. The van der Waals surface area contributed by atoms with Crippen molar-refractivity contribution in [3.05, 3.63) is 39.3 Å². The van der Waals surface area contributed by atoms with Gasteiger partial charge in [-0.25, -0.2) is 9.98 Å². The summed E-state index contributed by atoms with van der Waals surface area (Å²) in [7, 11) is 3.16. The largest absolute Gasteiger partial charge is 0.493 e. The van der Waals surface area contributed by atoms with E-state index >= 15 is 0 Å². The highest BCUT2D eigenvalue weighted by Crippen LogP contribution is 2.29. The maximum Gasteiger partial charge on any atom is 0.191 e. The smallest absolute Gasteiger partial charge is 0.191 e. The van der Waals surface area contributed by atoms with E-state index in [1.165, 1.54) is 0 Å². The van der Waals surface area contributed by atoms with Crippen molar-refractivity contribution in [2.75, 3.05) is 27.3 Å². The molecule has 1 unspecified atom stereocenters. The van der Waals surface area contributed by atoms with Crippen molar-refractivity contribution in [3.63, 3.8) is 0 Å². The summed E-state index contributed by atoms with van der Waals surface area (Å²) < 4.78 is 10.5. The number of aliphatic imine (C=N–C) groups is 1. The van der Waals surface area contributed by atoms with Crippen molar-refractivity contribution < 1.29 is 14.6 Å². The first kappa shape index (κ1) is 24.4. The molecule has 0 amide bonds. The van der Waals surface area contributed by atoms with Crippen molar-refractivity contribution >= 4 is 41.3 Å². The minimum atomic E-state index is -0.707. The fraction of sp³-hybridized carbons (Fsp3) is 0.474. The predicted molar refractivity (Wildman–Crippen MR) is 124 cm³/mol. The van der Waals surface area contributed by atoms with E-state index in [4.69, 9.17) is 9.47 Å². The molecule has 7 nitrogen and oxygen atoms in total. The van der Waals surface area contributed by atoms with Gasteiger partial charge in [-0.3, -0.25) is 0 Å². The molecule has 156 valence electrons. The van der Waals surface area contributed by atoms with Gasteiger partial charge in [-0.15, -0.1) is 35.3 Å². The van der Waals surface area contributed by atoms with Gasteiger partial charge < -0.3 is 25.2 Å². The SMILES string of the molecule is CCNC(=NCc1sc(C)nc1C)NCC(O)c1ccc(OC)c(OC)c1.I. The predicted octanol–water partition coefficient (Wildman–Crippen LogP) is 3.18. The van der Waals surface area contributed by atoms with Gasteiger partial charge in [-0.1, -0.05) is 6.07 Å². The summed E-state index contributed by atoms with van der Waals surface area (Å²) in [5, 5.41) is 17.9. The molecule has 0 aliphatic heterocycles. The maximum atomic E-state index is 10.5. The summed E-state index contributed by atoms with van der Waals surface area (Å²) in [5.41, 5.74) is 1.76. The lowest BCUT2D eigenvalue weighted by Crippen LogP contribution is -2.39. The third kappa shape index (κ3) is 6.78. The lowest BCUT2D eigenvalue weighted by molar-refractivity contribution is 0.180. The van der Waals surface area contributed by atoms with Crippen LogP contribution in [-0.4, -0.2) is 43.4 Å². The van der Waals surface area contributed by atoms with Crippen LogP contribution in [0, 0.1) is 13.8 Å². The fourth-order valence-electron chi connectivity index (χ4n) is 2.58. The number of thiazole rings is 1. The molecular formula is C19H29IN4O3S. The number of nitrogens with zero attached hydrogens (tertiary/aromatic N) is 2. The summed E-state index contributed by atoms with van der Waals surface area (Å²) in [6, 6.07) is 5.38. The summed E-state index contributed by atoms with van der Waals surface area (Å²) in [6.45, 7) is 7.60. The molecule has 0 radical (unpaired) electrons. The van der Waals surface area contributed by atoms with Crippen molar-refractivity contribution in [1.29, 1.82) is 0 Å². The minimum Gasteiger partial charge on any atom is -0.493 e. The Bertz CT molecular complexity index is 783. The van der Waals surface area contributed by atoms with Gasteiger partial charge in [0.1, 0.15) is 0 Å². The molecule has 1 heterocycles. The Morgan fingerprint density at radius 2 is 1.93 bits per heavy atom. The number of guanidine groups is 1. The summed E-state index contributed by atoms with van der Waals surface area (Å²) in [4.78, 5) is 10.2. The summed E-state index contributed by atoms with van der Waals surface area (Å²) in [5.74, 6) is 1.87. The van der Waals surface area contributed by atoms with Gasteiger partial charge in [-0.2, -0.15) is 0 Å². The first-order valence-electron chi connectivity index (χ1n) is 8.83. The molecule has 0 saturated heterocycles. The molecule has 9 heteroatoms. The zero-order valence-corrected chi connectivity index (χ0v) is 20.1. The Kier molecular flexibility index (Phi) is 10.5. The van der Waals surface area contributed by atoms with Gasteiger partial charge in [0, 0.05) is 18.0 Å². The van der Waals surface area contributed by atoms with E-state index in [-0.39, 0.29) is 24.0 Å². The average Bonchev–Trinajstić information content (AvgIpc) is 3.00. The number of halogens is 1. The summed E-state index contributed by atoms with van der Waals surface area (Å²) in [6.07, 6.45) is -0.707. The van der Waals surface area contributed by atoms with Crippen LogP contribution in [0.2, 0.25) is 0 Å². The fourth-order valence-corrected chi connectivity index (χ4v) is 3.45. The number of aliphatic hydroxyl groups excluding tert-OH is 1. The Hall–Kier alpha value is -1.59. The normalized spacial score (nSPS) is 12.1. The Morgan fingerprint density at radius 3 is 2.50 bits per heavy atom. The molecule has 0 aliphatic rings. The molecule has 28 heavy (non-hydrogen) atoms. The number of ether oxygens (including phenoxy) is 2.